The van der Waals surface area contributed by atoms with Crippen molar-refractivity contribution in [3.63, 3.8) is 0 Å². The summed E-state index contributed by atoms with van der Waals surface area (Å²) in [6, 6.07) is 0. The van der Waals surface area contributed by atoms with Gasteiger partial charge in [-0.1, -0.05) is 0 Å². The summed E-state index contributed by atoms with van der Waals surface area (Å²) in [7, 11) is -3.14. The summed E-state index contributed by atoms with van der Waals surface area (Å²) in [5.74, 6) is 0. The first-order valence-electron chi connectivity index (χ1n) is 1.00. The third-order valence-corrected chi connectivity index (χ3v) is 2.76. The van der Waals surface area contributed by atoms with Crippen LogP contribution < -0.4 is 0 Å². The Morgan fingerprint density at radius 2 is 1.83 bits per heavy atom. The van der Waals surface area contributed by atoms with E-state index in [1.165, 1.54) is 0 Å². The second kappa shape index (κ2) is 1.18. The van der Waals surface area contributed by atoms with Gasteiger partial charge >= 0.3 is 39.4 Å². The molecule has 1 heterocycles. The second-order valence-corrected chi connectivity index (χ2v) is 5.41. The third kappa shape index (κ3) is 0.716. The van der Waals surface area contributed by atoms with E-state index < -0.39 is 22.7 Å². The Kier molecular flexibility index (Phi) is 0.892. The molecule has 0 aromatic rings. The maximum atomic E-state index is 9.77. The van der Waals surface area contributed by atoms with Crippen molar-refractivity contribution in [2.45, 2.75) is 0 Å². The molecule has 6 heavy (non-hydrogen) atoms. The molecular weight excluding hydrogens is 175 g/mol. The van der Waals surface area contributed by atoms with Gasteiger partial charge in [0, 0.05) is 0 Å². The minimum atomic E-state index is -3.14. The molecular formula is O4SSe. The van der Waals surface area contributed by atoms with E-state index in [0.717, 1.165) is 0 Å². The van der Waals surface area contributed by atoms with Crippen molar-refractivity contribution >= 4 is 22.7 Å². The standard InChI is InChI=1S/O4SSe/c1-5(2)3-4-6-5. The van der Waals surface area contributed by atoms with E-state index in [2.05, 4.69) is 8.30 Å². The zero-order chi connectivity index (χ0) is 4.62. The SMILES string of the molecule is O=S1(=O)OO[Se]1. The molecule has 36 valence electrons. The maximum absolute atomic E-state index is 9.77. The number of hydrogen-bond acceptors (Lipinski definition) is 4. The molecule has 0 bridgehead atoms. The third-order valence-electron chi connectivity index (χ3n) is 0.222. The van der Waals surface area contributed by atoms with Gasteiger partial charge in [-0.15, -0.1) is 0 Å². The molecule has 0 unspecified atom stereocenters. The number of rotatable bonds is 0. The summed E-state index contributed by atoms with van der Waals surface area (Å²) in [5.41, 5.74) is 0. The average molecular weight is 175 g/mol. The molecule has 1 rings (SSSR count). The molecule has 1 aliphatic rings. The van der Waals surface area contributed by atoms with Gasteiger partial charge in [0.1, 0.15) is 0 Å². The Morgan fingerprint density at radius 1 is 1.50 bits per heavy atom. The molecule has 1 aliphatic heterocycles. The molecule has 1 fully saturated rings. The van der Waals surface area contributed by atoms with Crippen LogP contribution in [0.2, 0.25) is 0 Å². The van der Waals surface area contributed by atoms with E-state index in [-0.39, 0.29) is 0 Å². The summed E-state index contributed by atoms with van der Waals surface area (Å²) >= 11 is -0.757. The van der Waals surface area contributed by atoms with Crippen LogP contribution in [0.5, 0.6) is 0 Å². The fourth-order valence-corrected chi connectivity index (χ4v) is 1.14. The zero-order valence-corrected chi connectivity index (χ0v) is 4.98. The van der Waals surface area contributed by atoms with Crippen molar-refractivity contribution in [1.82, 2.24) is 0 Å². The normalized spacial score (nSPS) is 28.7. The fourth-order valence-electron chi connectivity index (χ4n) is 0.0731. The Bertz CT molecular complexity index is 122. The van der Waals surface area contributed by atoms with Crippen LogP contribution in [0.15, 0.2) is 0 Å². The number of hydrogen-bond donors (Lipinski definition) is 0. The van der Waals surface area contributed by atoms with E-state index in [1.807, 2.05) is 0 Å². The van der Waals surface area contributed by atoms with E-state index in [4.69, 9.17) is 0 Å². The quantitative estimate of drug-likeness (QED) is 0.343. The summed E-state index contributed by atoms with van der Waals surface area (Å²) in [5, 5.41) is 0. The molecule has 4 nitrogen and oxygen atoms in total. The van der Waals surface area contributed by atoms with Crippen LogP contribution in [-0.4, -0.2) is 22.6 Å². The van der Waals surface area contributed by atoms with Crippen molar-refractivity contribution in [2.75, 3.05) is 0 Å². The van der Waals surface area contributed by atoms with E-state index in [1.54, 1.807) is 0 Å². The molecule has 0 aromatic heterocycles. The van der Waals surface area contributed by atoms with Crippen LogP contribution in [0.25, 0.3) is 0 Å². The predicted molar refractivity (Wildman–Crippen MR) is 16.8 cm³/mol. The zero-order valence-electron chi connectivity index (χ0n) is 2.45. The predicted octanol–water partition coefficient (Wildman–Crippen LogP) is -1.19. The van der Waals surface area contributed by atoms with Crippen molar-refractivity contribution in [3.05, 3.63) is 0 Å². The fraction of sp³-hybridized carbons (Fsp3) is 0. The van der Waals surface area contributed by atoms with Crippen LogP contribution in [-0.2, 0) is 16.8 Å². The van der Waals surface area contributed by atoms with Crippen LogP contribution in [0.4, 0.5) is 0 Å². The van der Waals surface area contributed by atoms with Gasteiger partial charge < -0.3 is 0 Å². The molecule has 1 saturated heterocycles. The monoisotopic (exact) mass is 176 g/mol. The molecule has 0 spiro atoms. The first-order valence-corrected chi connectivity index (χ1v) is 5.13. The summed E-state index contributed by atoms with van der Waals surface area (Å²) in [6.07, 6.45) is 0. The van der Waals surface area contributed by atoms with Crippen LogP contribution in [0, 0.1) is 0 Å². The second-order valence-electron chi connectivity index (χ2n) is 0.612. The van der Waals surface area contributed by atoms with Crippen molar-refractivity contribution in [1.29, 1.82) is 0 Å². The van der Waals surface area contributed by atoms with Gasteiger partial charge in [-0.2, -0.15) is 0 Å². The van der Waals surface area contributed by atoms with Crippen molar-refractivity contribution < 1.29 is 16.7 Å². The van der Waals surface area contributed by atoms with Gasteiger partial charge in [-0.05, 0) is 0 Å². The summed E-state index contributed by atoms with van der Waals surface area (Å²) in [4.78, 5) is 0. The van der Waals surface area contributed by atoms with Crippen LogP contribution in [0.3, 0.4) is 0 Å². The van der Waals surface area contributed by atoms with Gasteiger partial charge in [0.15, 0.2) is 0 Å². The van der Waals surface area contributed by atoms with Crippen molar-refractivity contribution in [2.24, 2.45) is 0 Å². The molecule has 0 aliphatic carbocycles. The van der Waals surface area contributed by atoms with Gasteiger partial charge in [0.25, 0.3) is 0 Å². The molecule has 0 atom stereocenters. The van der Waals surface area contributed by atoms with E-state index in [0.29, 0.717) is 0 Å². The average Bonchev–Trinajstić information content (AvgIpc) is 1.32. The Balaban J connectivity index is 2.78. The summed E-state index contributed by atoms with van der Waals surface area (Å²) in [6.45, 7) is 0. The van der Waals surface area contributed by atoms with Gasteiger partial charge in [0.2, 0.25) is 0 Å². The Labute approximate surface area is 40.0 Å². The first-order chi connectivity index (χ1) is 2.71. The molecule has 0 aromatic carbocycles. The van der Waals surface area contributed by atoms with Gasteiger partial charge in [0.05, 0.1) is 0 Å². The van der Waals surface area contributed by atoms with Crippen molar-refractivity contribution in [3.8, 4) is 0 Å². The molecule has 0 radical (unpaired) electrons. The Hall–Kier alpha value is 0.389. The van der Waals surface area contributed by atoms with Gasteiger partial charge in [-0.25, -0.2) is 0 Å². The van der Waals surface area contributed by atoms with Crippen LogP contribution >= 0.6 is 0 Å². The topological polar surface area (TPSA) is 52.6 Å². The minimum absolute atomic E-state index is 0.757. The molecule has 0 amide bonds. The molecule has 6 heteroatoms. The summed E-state index contributed by atoms with van der Waals surface area (Å²) < 4.78 is 27.1. The Morgan fingerprint density at radius 3 is 1.83 bits per heavy atom. The van der Waals surface area contributed by atoms with E-state index in [9.17, 15) is 8.42 Å². The molecule has 0 saturated carbocycles. The van der Waals surface area contributed by atoms with E-state index >= 15 is 0 Å². The van der Waals surface area contributed by atoms with Gasteiger partial charge in [-0.3, -0.25) is 0 Å². The molecule has 0 N–H and O–H groups in total. The van der Waals surface area contributed by atoms with Crippen LogP contribution in [0.1, 0.15) is 0 Å². The first kappa shape index (κ1) is 4.55.